The van der Waals surface area contributed by atoms with Crippen molar-refractivity contribution in [3.8, 4) is 0 Å². The summed E-state index contributed by atoms with van der Waals surface area (Å²) in [6.07, 6.45) is 7.35. The van der Waals surface area contributed by atoms with Crippen LogP contribution in [0.2, 0.25) is 0 Å². The zero-order chi connectivity index (χ0) is 26.0. The van der Waals surface area contributed by atoms with Crippen molar-refractivity contribution in [3.63, 3.8) is 0 Å². The molecule has 0 aromatic carbocycles. The number of allylic oxidation sites excluding steroid dienone is 1. The standard InChI is InChI=1S/C30H46O5/c1-17-10-13-30(24(33)34)15-14-27(5)18(22(30)29(17,7)35)8-9-21-26(4)16-19(31)23(32)25(2,3)20(26)11-12-28(21,27)6/h8,17,20-23,32,35H,9-16H2,1-7H3,(H,33,34)/t17-,20?,21?,22?,23+,26+,27-,28-,29-,30+/m1/s1. The van der Waals surface area contributed by atoms with Gasteiger partial charge in [0.2, 0.25) is 0 Å². The number of Topliss-reactive ketones (excluding diaryl/α,β-unsaturated/α-hetero) is 1. The van der Waals surface area contributed by atoms with Gasteiger partial charge in [0, 0.05) is 17.8 Å². The van der Waals surface area contributed by atoms with Gasteiger partial charge in [0.25, 0.3) is 0 Å². The van der Waals surface area contributed by atoms with Gasteiger partial charge in [0.15, 0.2) is 5.78 Å². The Bertz CT molecular complexity index is 995. The molecule has 5 heteroatoms. The van der Waals surface area contributed by atoms with Gasteiger partial charge in [0.1, 0.15) is 6.10 Å². The number of carboxylic acids is 1. The molecule has 4 saturated carbocycles. The van der Waals surface area contributed by atoms with Crippen LogP contribution >= 0.6 is 0 Å². The van der Waals surface area contributed by atoms with Crippen LogP contribution in [0, 0.1) is 50.7 Å². The first-order chi connectivity index (χ1) is 16.0. The smallest absolute Gasteiger partial charge is 0.310 e. The quantitative estimate of drug-likeness (QED) is 0.432. The number of aliphatic carboxylic acids is 1. The molecular weight excluding hydrogens is 440 g/mol. The summed E-state index contributed by atoms with van der Waals surface area (Å²) in [6.45, 7) is 15.1. The van der Waals surface area contributed by atoms with Crippen LogP contribution < -0.4 is 0 Å². The van der Waals surface area contributed by atoms with Crippen molar-refractivity contribution < 1.29 is 24.9 Å². The lowest BCUT2D eigenvalue weighted by Gasteiger charge is -2.71. The number of hydrogen-bond donors (Lipinski definition) is 3. The summed E-state index contributed by atoms with van der Waals surface area (Å²) < 4.78 is 0. The van der Waals surface area contributed by atoms with Crippen molar-refractivity contribution >= 4 is 11.8 Å². The molecule has 0 aromatic heterocycles. The van der Waals surface area contributed by atoms with Crippen LogP contribution in [0.3, 0.4) is 0 Å². The summed E-state index contributed by atoms with van der Waals surface area (Å²) >= 11 is 0. The molecular formula is C30H46O5. The number of carbonyl (C=O) groups excluding carboxylic acids is 1. The van der Waals surface area contributed by atoms with E-state index in [0.717, 1.165) is 32.1 Å². The highest BCUT2D eigenvalue weighted by atomic mass is 16.4. The molecule has 35 heavy (non-hydrogen) atoms. The average molecular weight is 487 g/mol. The van der Waals surface area contributed by atoms with E-state index < -0.39 is 28.5 Å². The SMILES string of the molecule is C[C@@H]1CC[C@]2(C(=O)O)CC[C@]3(C)C(=CCC4[C@@]5(C)CC(=O)[C@H](O)C(C)(C)C5CC[C@]43C)C2[C@]1(C)O. The molecule has 0 heterocycles. The summed E-state index contributed by atoms with van der Waals surface area (Å²) in [5, 5.41) is 33.2. The second kappa shape index (κ2) is 7.22. The van der Waals surface area contributed by atoms with Crippen molar-refractivity contribution in [1.29, 1.82) is 0 Å². The van der Waals surface area contributed by atoms with Crippen LogP contribution in [0.4, 0.5) is 0 Å². The van der Waals surface area contributed by atoms with Gasteiger partial charge >= 0.3 is 5.97 Å². The second-order valence-corrected chi connectivity index (χ2v) is 14.7. The molecule has 0 aromatic rings. The third-order valence-corrected chi connectivity index (χ3v) is 13.2. The number of carbonyl (C=O) groups is 2. The van der Waals surface area contributed by atoms with E-state index in [0.29, 0.717) is 19.3 Å². The summed E-state index contributed by atoms with van der Waals surface area (Å²) in [5.41, 5.74) is -1.78. The summed E-state index contributed by atoms with van der Waals surface area (Å²) in [6, 6.07) is 0. The summed E-state index contributed by atoms with van der Waals surface area (Å²) in [5.74, 6) is -0.588. The van der Waals surface area contributed by atoms with Crippen LogP contribution in [0.15, 0.2) is 11.6 Å². The monoisotopic (exact) mass is 486 g/mol. The molecule has 0 radical (unpaired) electrons. The molecule has 0 saturated heterocycles. The van der Waals surface area contributed by atoms with Gasteiger partial charge in [-0.15, -0.1) is 0 Å². The molecule has 3 unspecified atom stereocenters. The van der Waals surface area contributed by atoms with Crippen molar-refractivity contribution in [1.82, 2.24) is 0 Å². The molecule has 10 atom stereocenters. The van der Waals surface area contributed by atoms with E-state index in [1.54, 1.807) is 0 Å². The lowest BCUT2D eigenvalue weighted by molar-refractivity contribution is -0.215. The summed E-state index contributed by atoms with van der Waals surface area (Å²) in [7, 11) is 0. The fourth-order valence-corrected chi connectivity index (χ4v) is 10.8. The average Bonchev–Trinajstić information content (AvgIpc) is 2.75. The number of rotatable bonds is 1. The minimum atomic E-state index is -1.07. The number of ketones is 1. The van der Waals surface area contributed by atoms with Gasteiger partial charge in [-0.05, 0) is 85.9 Å². The Kier molecular flexibility index (Phi) is 5.25. The lowest BCUT2D eigenvalue weighted by atomic mass is 9.33. The maximum absolute atomic E-state index is 13.1. The van der Waals surface area contributed by atoms with Gasteiger partial charge in [-0.25, -0.2) is 0 Å². The third-order valence-electron chi connectivity index (χ3n) is 13.2. The van der Waals surface area contributed by atoms with Gasteiger partial charge in [-0.1, -0.05) is 53.2 Å². The minimum Gasteiger partial charge on any atom is -0.481 e. The van der Waals surface area contributed by atoms with E-state index in [4.69, 9.17) is 0 Å². The van der Waals surface area contributed by atoms with Crippen LogP contribution in [-0.2, 0) is 9.59 Å². The van der Waals surface area contributed by atoms with E-state index in [-0.39, 0.29) is 45.7 Å². The minimum absolute atomic E-state index is 0.0319. The van der Waals surface area contributed by atoms with Gasteiger partial charge in [0.05, 0.1) is 11.0 Å². The van der Waals surface area contributed by atoms with Gasteiger partial charge in [-0.3, -0.25) is 9.59 Å². The van der Waals surface area contributed by atoms with Crippen LogP contribution in [-0.4, -0.2) is 38.8 Å². The predicted molar refractivity (Wildman–Crippen MR) is 134 cm³/mol. The van der Waals surface area contributed by atoms with E-state index in [9.17, 15) is 24.9 Å². The highest BCUT2D eigenvalue weighted by Gasteiger charge is 2.71. The Balaban J connectivity index is 1.65. The van der Waals surface area contributed by atoms with Crippen LogP contribution in [0.25, 0.3) is 0 Å². The van der Waals surface area contributed by atoms with Crippen molar-refractivity contribution in [3.05, 3.63) is 11.6 Å². The number of carboxylic acid groups (broad SMARTS) is 1. The first kappa shape index (κ1) is 25.4. The highest BCUT2D eigenvalue weighted by Crippen LogP contribution is 2.75. The lowest BCUT2D eigenvalue weighted by Crippen LogP contribution is -2.68. The molecule has 0 amide bonds. The van der Waals surface area contributed by atoms with Crippen molar-refractivity contribution in [2.24, 2.45) is 50.7 Å². The van der Waals surface area contributed by atoms with Crippen molar-refractivity contribution in [2.45, 2.75) is 112 Å². The molecule has 196 valence electrons. The molecule has 0 bridgehead atoms. The molecule has 0 aliphatic heterocycles. The predicted octanol–water partition coefficient (Wildman–Crippen LogP) is 5.38. The molecule has 3 N–H and O–H groups in total. The number of aliphatic hydroxyl groups is 2. The second-order valence-electron chi connectivity index (χ2n) is 14.7. The maximum atomic E-state index is 13.1. The van der Waals surface area contributed by atoms with Gasteiger partial charge in [-0.2, -0.15) is 0 Å². The first-order valence-electron chi connectivity index (χ1n) is 13.9. The zero-order valence-corrected chi connectivity index (χ0v) is 22.8. The Labute approximate surface area is 210 Å². The largest absolute Gasteiger partial charge is 0.481 e. The molecule has 5 aliphatic rings. The fourth-order valence-electron chi connectivity index (χ4n) is 10.8. The van der Waals surface area contributed by atoms with Crippen molar-refractivity contribution in [2.75, 3.05) is 0 Å². The Morgan fingerprint density at radius 3 is 2.26 bits per heavy atom. The fraction of sp³-hybridized carbons (Fsp3) is 0.867. The number of aliphatic hydroxyl groups excluding tert-OH is 1. The van der Waals surface area contributed by atoms with Gasteiger partial charge < -0.3 is 15.3 Å². The van der Waals surface area contributed by atoms with Crippen LogP contribution in [0.5, 0.6) is 0 Å². The zero-order valence-electron chi connectivity index (χ0n) is 22.8. The van der Waals surface area contributed by atoms with E-state index >= 15 is 0 Å². The normalized spacial score (nSPS) is 55.1. The van der Waals surface area contributed by atoms with E-state index in [2.05, 4.69) is 47.6 Å². The first-order valence-corrected chi connectivity index (χ1v) is 13.9. The Morgan fingerprint density at radius 2 is 1.63 bits per heavy atom. The summed E-state index contributed by atoms with van der Waals surface area (Å²) in [4.78, 5) is 25.9. The number of hydrogen-bond acceptors (Lipinski definition) is 4. The van der Waals surface area contributed by atoms with E-state index in [1.165, 1.54) is 5.57 Å². The maximum Gasteiger partial charge on any atom is 0.310 e. The number of fused-ring (bicyclic) bond motifs is 7. The topological polar surface area (TPSA) is 94.8 Å². The third kappa shape index (κ3) is 2.83. The molecule has 4 fully saturated rings. The highest BCUT2D eigenvalue weighted by molar-refractivity contribution is 5.85. The van der Waals surface area contributed by atoms with Crippen LogP contribution in [0.1, 0.15) is 99.8 Å². The Hall–Kier alpha value is -1.20. The molecule has 5 aliphatic carbocycles. The molecule has 0 spiro atoms. The molecule has 5 rings (SSSR count). The Morgan fingerprint density at radius 1 is 0.971 bits per heavy atom. The molecule has 5 nitrogen and oxygen atoms in total. The van der Waals surface area contributed by atoms with E-state index in [1.807, 2.05) is 6.92 Å².